The second kappa shape index (κ2) is 3.85. The molecule has 2 heterocycles. The van der Waals surface area contributed by atoms with E-state index in [9.17, 15) is 0 Å². The first kappa shape index (κ1) is 11.6. The summed E-state index contributed by atoms with van der Waals surface area (Å²) in [4.78, 5) is 4.66. The second-order valence-corrected chi connectivity index (χ2v) is 6.54. The summed E-state index contributed by atoms with van der Waals surface area (Å²) in [6.45, 7) is 11.2. The Bertz CT molecular complexity index is 503. The summed E-state index contributed by atoms with van der Waals surface area (Å²) < 4.78 is 1.36. The summed E-state index contributed by atoms with van der Waals surface area (Å²) in [5, 5.41) is 3.56. The van der Waals surface area contributed by atoms with Crippen LogP contribution in [0.25, 0.3) is 10.1 Å². The van der Waals surface area contributed by atoms with Crippen LogP contribution in [0.5, 0.6) is 0 Å². The topological polar surface area (TPSA) is 12.9 Å². The largest absolute Gasteiger partial charge is 0.259 e. The van der Waals surface area contributed by atoms with Crippen LogP contribution in [0.15, 0.2) is 17.6 Å². The highest BCUT2D eigenvalue weighted by Crippen LogP contribution is 2.35. The van der Waals surface area contributed by atoms with Crippen molar-refractivity contribution in [1.82, 2.24) is 4.98 Å². The Morgan fingerprint density at radius 3 is 2.50 bits per heavy atom. The normalized spacial score (nSPS) is 12.6. The zero-order valence-electron chi connectivity index (χ0n) is 10.7. The monoisotopic (exact) mass is 233 g/mol. The molecular weight excluding hydrogens is 214 g/mol. The van der Waals surface area contributed by atoms with Gasteiger partial charge in [-0.05, 0) is 33.7 Å². The van der Waals surface area contributed by atoms with Crippen LogP contribution in [0.3, 0.4) is 0 Å². The number of pyridine rings is 1. The van der Waals surface area contributed by atoms with E-state index in [1.807, 2.05) is 11.3 Å². The van der Waals surface area contributed by atoms with Gasteiger partial charge in [0.15, 0.2) is 0 Å². The zero-order valence-corrected chi connectivity index (χ0v) is 11.5. The molecule has 0 aromatic carbocycles. The molecule has 16 heavy (non-hydrogen) atoms. The Kier molecular flexibility index (Phi) is 2.79. The lowest BCUT2D eigenvalue weighted by Gasteiger charge is -2.21. The van der Waals surface area contributed by atoms with Gasteiger partial charge in [-0.1, -0.05) is 34.6 Å². The average Bonchev–Trinajstić information content (AvgIpc) is 2.61. The summed E-state index contributed by atoms with van der Waals surface area (Å²) >= 11 is 1.81. The van der Waals surface area contributed by atoms with E-state index in [1.54, 1.807) is 0 Å². The van der Waals surface area contributed by atoms with Gasteiger partial charge >= 0.3 is 0 Å². The predicted octanol–water partition coefficient (Wildman–Crippen LogP) is 4.72. The molecule has 0 atom stereocenters. The first-order valence-corrected chi connectivity index (χ1v) is 6.66. The third-order valence-corrected chi connectivity index (χ3v) is 3.81. The summed E-state index contributed by atoms with van der Waals surface area (Å²) in [5.74, 6) is 0.496. The molecule has 1 nitrogen and oxygen atoms in total. The summed E-state index contributed by atoms with van der Waals surface area (Å²) in [6.07, 6.45) is 2.06. The molecule has 0 spiro atoms. The van der Waals surface area contributed by atoms with Crippen molar-refractivity contribution in [1.29, 1.82) is 0 Å². The van der Waals surface area contributed by atoms with Crippen LogP contribution in [0.2, 0.25) is 0 Å². The van der Waals surface area contributed by atoms with E-state index in [2.05, 4.69) is 57.2 Å². The highest BCUT2D eigenvalue weighted by molar-refractivity contribution is 7.17. The zero-order chi connectivity index (χ0) is 11.9. The molecule has 0 saturated carbocycles. The molecule has 2 aromatic rings. The molecule has 0 radical (unpaired) electrons. The van der Waals surface area contributed by atoms with Gasteiger partial charge in [-0.25, -0.2) is 0 Å². The molecule has 2 heteroatoms. The average molecular weight is 233 g/mol. The number of hydrogen-bond donors (Lipinski definition) is 0. The highest BCUT2D eigenvalue weighted by atomic mass is 32.1. The Morgan fingerprint density at radius 2 is 1.94 bits per heavy atom. The molecule has 2 aromatic heterocycles. The highest BCUT2D eigenvalue weighted by Gasteiger charge is 2.20. The van der Waals surface area contributed by atoms with Crippen LogP contribution < -0.4 is 0 Å². The van der Waals surface area contributed by atoms with Crippen LogP contribution in [0.1, 0.15) is 51.8 Å². The van der Waals surface area contributed by atoms with Crippen molar-refractivity contribution in [3.8, 4) is 0 Å². The standard InChI is InChI=1S/C14H19NS/c1-9(2)12-13-10(6-7-16-13)11(8-15-12)14(3,4)5/h6-9H,1-5H3. The van der Waals surface area contributed by atoms with Gasteiger partial charge in [-0.2, -0.15) is 0 Å². The summed E-state index contributed by atoms with van der Waals surface area (Å²) in [5.41, 5.74) is 2.76. The lowest BCUT2D eigenvalue weighted by molar-refractivity contribution is 0.592. The van der Waals surface area contributed by atoms with Crippen molar-refractivity contribution in [2.24, 2.45) is 0 Å². The fourth-order valence-corrected chi connectivity index (χ4v) is 3.05. The lowest BCUT2D eigenvalue weighted by atomic mass is 9.86. The van der Waals surface area contributed by atoms with Crippen LogP contribution in [-0.2, 0) is 5.41 Å². The molecule has 0 N–H and O–H groups in total. The van der Waals surface area contributed by atoms with Gasteiger partial charge < -0.3 is 0 Å². The molecule has 0 unspecified atom stereocenters. The molecule has 0 saturated heterocycles. The number of thiophene rings is 1. The lowest BCUT2D eigenvalue weighted by Crippen LogP contribution is -2.12. The maximum atomic E-state index is 4.66. The second-order valence-electron chi connectivity index (χ2n) is 5.63. The Morgan fingerprint density at radius 1 is 1.25 bits per heavy atom. The van der Waals surface area contributed by atoms with E-state index in [-0.39, 0.29) is 5.41 Å². The molecule has 0 fully saturated rings. The minimum Gasteiger partial charge on any atom is -0.259 e. The van der Waals surface area contributed by atoms with Crippen LogP contribution >= 0.6 is 11.3 Å². The molecule has 0 amide bonds. The molecule has 0 aliphatic rings. The molecule has 0 bridgehead atoms. The van der Waals surface area contributed by atoms with Crippen LogP contribution in [0.4, 0.5) is 0 Å². The van der Waals surface area contributed by atoms with Gasteiger partial charge in [-0.3, -0.25) is 4.98 Å². The summed E-state index contributed by atoms with van der Waals surface area (Å²) in [7, 11) is 0. The fraction of sp³-hybridized carbons (Fsp3) is 0.500. The fourth-order valence-electron chi connectivity index (χ4n) is 1.99. The van der Waals surface area contributed by atoms with E-state index in [0.717, 1.165) is 0 Å². The number of fused-ring (bicyclic) bond motifs is 1. The maximum Gasteiger partial charge on any atom is 0.0607 e. The number of nitrogens with zero attached hydrogens (tertiary/aromatic N) is 1. The Hall–Kier alpha value is -0.890. The van der Waals surface area contributed by atoms with Gasteiger partial charge in [0.1, 0.15) is 0 Å². The Balaban J connectivity index is 2.74. The molecule has 86 valence electrons. The number of aromatic nitrogens is 1. The van der Waals surface area contributed by atoms with Gasteiger partial charge in [0.25, 0.3) is 0 Å². The summed E-state index contributed by atoms with van der Waals surface area (Å²) in [6, 6.07) is 2.23. The molecule has 0 aliphatic heterocycles. The SMILES string of the molecule is CC(C)c1ncc(C(C)(C)C)c2ccsc12. The smallest absolute Gasteiger partial charge is 0.0607 e. The molecule has 0 aliphatic carbocycles. The number of hydrogen-bond acceptors (Lipinski definition) is 2. The van der Waals surface area contributed by atoms with Crippen molar-refractivity contribution in [3.63, 3.8) is 0 Å². The minimum absolute atomic E-state index is 0.168. The van der Waals surface area contributed by atoms with Crippen molar-refractivity contribution in [3.05, 3.63) is 28.9 Å². The van der Waals surface area contributed by atoms with E-state index in [0.29, 0.717) is 5.92 Å². The first-order chi connectivity index (χ1) is 7.41. The van der Waals surface area contributed by atoms with Crippen molar-refractivity contribution in [2.45, 2.75) is 46.0 Å². The van der Waals surface area contributed by atoms with Crippen LogP contribution in [0, 0.1) is 0 Å². The third-order valence-electron chi connectivity index (χ3n) is 2.88. The quantitative estimate of drug-likeness (QED) is 0.694. The van der Waals surface area contributed by atoms with E-state index < -0.39 is 0 Å². The van der Waals surface area contributed by atoms with Gasteiger partial charge in [-0.15, -0.1) is 11.3 Å². The molecule has 2 rings (SSSR count). The Labute approximate surface area is 102 Å². The van der Waals surface area contributed by atoms with Gasteiger partial charge in [0.2, 0.25) is 0 Å². The van der Waals surface area contributed by atoms with Crippen molar-refractivity contribution in [2.75, 3.05) is 0 Å². The van der Waals surface area contributed by atoms with Gasteiger partial charge in [0.05, 0.1) is 10.4 Å². The predicted molar refractivity (Wildman–Crippen MR) is 72.4 cm³/mol. The van der Waals surface area contributed by atoms with Crippen LogP contribution in [-0.4, -0.2) is 4.98 Å². The van der Waals surface area contributed by atoms with Gasteiger partial charge in [0, 0.05) is 6.20 Å². The molecular formula is C14H19NS. The van der Waals surface area contributed by atoms with E-state index >= 15 is 0 Å². The first-order valence-electron chi connectivity index (χ1n) is 5.78. The minimum atomic E-state index is 0.168. The van der Waals surface area contributed by atoms with E-state index in [4.69, 9.17) is 0 Å². The number of rotatable bonds is 1. The van der Waals surface area contributed by atoms with E-state index in [1.165, 1.54) is 21.3 Å². The van der Waals surface area contributed by atoms with Crippen molar-refractivity contribution < 1.29 is 0 Å². The third kappa shape index (κ3) is 1.86. The van der Waals surface area contributed by atoms with Crippen molar-refractivity contribution >= 4 is 21.4 Å². The maximum absolute atomic E-state index is 4.66.